The van der Waals surface area contributed by atoms with Crippen LogP contribution in [0.25, 0.3) is 11.0 Å². The second kappa shape index (κ2) is 2.74. The molecule has 0 aliphatic carbocycles. The number of nitrogens with two attached hydrogens (primary N) is 1. The fraction of sp³-hybridized carbons (Fsp3) is 0. The number of H-pyrrole nitrogens is 1. The molecule has 0 saturated heterocycles. The number of fused-ring (bicyclic) bond motifs is 1. The third-order valence-corrected chi connectivity index (χ3v) is 3.08. The third-order valence-electron chi connectivity index (χ3n) is 1.62. The fourth-order valence-electron chi connectivity index (χ4n) is 1.05. The van der Waals surface area contributed by atoms with Gasteiger partial charge in [-0.05, 0) is 37.9 Å². The summed E-state index contributed by atoms with van der Waals surface area (Å²) in [6, 6.07) is 1.84. The van der Waals surface area contributed by atoms with E-state index in [0.717, 1.165) is 20.0 Å². The van der Waals surface area contributed by atoms with Gasteiger partial charge in [0.1, 0.15) is 5.52 Å². The number of nitrogen functional groups attached to an aromatic ring is 1. The van der Waals surface area contributed by atoms with E-state index in [1.54, 1.807) is 6.33 Å². The minimum atomic E-state index is 0.682. The first-order valence-corrected chi connectivity index (χ1v) is 4.85. The number of aromatic amines is 1. The molecule has 0 radical (unpaired) electrons. The molecule has 0 aliphatic rings. The van der Waals surface area contributed by atoms with Crippen LogP contribution in [-0.4, -0.2) is 9.97 Å². The minimum absolute atomic E-state index is 0.682. The van der Waals surface area contributed by atoms with E-state index >= 15 is 0 Å². The van der Waals surface area contributed by atoms with Crippen LogP contribution in [0.15, 0.2) is 21.3 Å². The Hall–Kier alpha value is -0.550. The maximum Gasteiger partial charge on any atom is 0.106 e. The van der Waals surface area contributed by atoms with Crippen molar-refractivity contribution in [3.05, 3.63) is 21.3 Å². The molecule has 5 heteroatoms. The molecule has 1 heterocycles. The topological polar surface area (TPSA) is 54.7 Å². The molecule has 0 saturated carbocycles. The zero-order valence-electron chi connectivity index (χ0n) is 5.94. The molecule has 2 rings (SSSR count). The Bertz CT molecular complexity index is 435. The molecule has 3 N–H and O–H groups in total. The van der Waals surface area contributed by atoms with Gasteiger partial charge in [-0.3, -0.25) is 0 Å². The van der Waals surface area contributed by atoms with Gasteiger partial charge in [-0.2, -0.15) is 0 Å². The molecule has 0 spiro atoms. The first kappa shape index (κ1) is 8.07. The Morgan fingerprint density at radius 1 is 1.42 bits per heavy atom. The van der Waals surface area contributed by atoms with Gasteiger partial charge in [-0.25, -0.2) is 4.98 Å². The van der Waals surface area contributed by atoms with Crippen LogP contribution < -0.4 is 5.73 Å². The van der Waals surface area contributed by atoms with E-state index < -0.39 is 0 Å². The van der Waals surface area contributed by atoms with E-state index in [2.05, 4.69) is 41.8 Å². The lowest BCUT2D eigenvalue weighted by Crippen LogP contribution is -1.87. The number of halogens is 2. The Morgan fingerprint density at radius 2 is 2.17 bits per heavy atom. The van der Waals surface area contributed by atoms with Gasteiger partial charge in [0.15, 0.2) is 0 Å². The molecule has 0 atom stereocenters. The van der Waals surface area contributed by atoms with Crippen LogP contribution in [-0.2, 0) is 0 Å². The maximum atomic E-state index is 5.72. The summed E-state index contributed by atoms with van der Waals surface area (Å²) in [5.41, 5.74) is 8.20. The van der Waals surface area contributed by atoms with E-state index in [1.807, 2.05) is 6.07 Å². The summed E-state index contributed by atoms with van der Waals surface area (Å²) in [7, 11) is 0. The number of nitrogens with one attached hydrogen (secondary N) is 1. The number of rotatable bonds is 0. The highest BCUT2D eigenvalue weighted by Gasteiger charge is 2.08. The van der Waals surface area contributed by atoms with Crippen LogP contribution in [0.2, 0.25) is 0 Å². The summed E-state index contributed by atoms with van der Waals surface area (Å²) < 4.78 is 1.76. The van der Waals surface area contributed by atoms with E-state index in [0.29, 0.717) is 5.69 Å². The predicted molar refractivity (Wildman–Crippen MR) is 55.9 cm³/mol. The van der Waals surface area contributed by atoms with E-state index in [4.69, 9.17) is 5.73 Å². The smallest absolute Gasteiger partial charge is 0.106 e. The van der Waals surface area contributed by atoms with Gasteiger partial charge in [0.25, 0.3) is 0 Å². The molecular formula is C7H5Br2N3. The van der Waals surface area contributed by atoms with Gasteiger partial charge in [-0.1, -0.05) is 0 Å². The molecule has 12 heavy (non-hydrogen) atoms. The summed E-state index contributed by atoms with van der Waals surface area (Å²) in [5.74, 6) is 0. The number of benzene rings is 1. The number of aromatic nitrogens is 2. The molecule has 3 nitrogen and oxygen atoms in total. The number of hydrogen-bond donors (Lipinski definition) is 2. The number of imidazole rings is 1. The second-order valence-corrected chi connectivity index (χ2v) is 4.04. The third kappa shape index (κ3) is 1.04. The van der Waals surface area contributed by atoms with Crippen molar-refractivity contribution in [3.63, 3.8) is 0 Å². The largest absolute Gasteiger partial charge is 0.398 e. The van der Waals surface area contributed by atoms with Crippen molar-refractivity contribution in [2.45, 2.75) is 0 Å². The summed E-state index contributed by atoms with van der Waals surface area (Å²) in [5, 5.41) is 0. The summed E-state index contributed by atoms with van der Waals surface area (Å²) in [4.78, 5) is 7.14. The standard InChI is InChI=1S/C7H5Br2N3/c8-3-1-4(10)5(9)7-6(3)11-2-12-7/h1-2H,10H2,(H,11,12). The van der Waals surface area contributed by atoms with Gasteiger partial charge in [0, 0.05) is 10.2 Å². The van der Waals surface area contributed by atoms with E-state index in [9.17, 15) is 0 Å². The monoisotopic (exact) mass is 289 g/mol. The Morgan fingerprint density at radius 3 is 2.92 bits per heavy atom. The Labute approximate surface area is 85.6 Å². The van der Waals surface area contributed by atoms with Crippen molar-refractivity contribution >= 4 is 48.6 Å². The van der Waals surface area contributed by atoms with Gasteiger partial charge >= 0.3 is 0 Å². The average molecular weight is 291 g/mol. The molecule has 0 fully saturated rings. The average Bonchev–Trinajstić information content (AvgIpc) is 2.48. The van der Waals surface area contributed by atoms with Gasteiger partial charge in [0.05, 0.1) is 16.3 Å². The van der Waals surface area contributed by atoms with Crippen LogP contribution >= 0.6 is 31.9 Å². The van der Waals surface area contributed by atoms with Crippen molar-refractivity contribution in [1.29, 1.82) is 0 Å². The number of hydrogen-bond acceptors (Lipinski definition) is 2. The second-order valence-electron chi connectivity index (χ2n) is 2.39. The zero-order valence-corrected chi connectivity index (χ0v) is 9.11. The molecule has 0 amide bonds. The molecule has 0 bridgehead atoms. The molecule has 1 aromatic carbocycles. The molecular weight excluding hydrogens is 286 g/mol. The fourth-order valence-corrected chi connectivity index (χ4v) is 2.02. The quantitative estimate of drug-likeness (QED) is 0.733. The van der Waals surface area contributed by atoms with Crippen molar-refractivity contribution in [2.75, 3.05) is 5.73 Å². The molecule has 0 aliphatic heterocycles. The van der Waals surface area contributed by atoms with Crippen LogP contribution in [0.1, 0.15) is 0 Å². The van der Waals surface area contributed by atoms with Gasteiger partial charge in [0.2, 0.25) is 0 Å². The minimum Gasteiger partial charge on any atom is -0.398 e. The summed E-state index contributed by atoms with van der Waals surface area (Å²) in [6.07, 6.45) is 1.64. The highest BCUT2D eigenvalue weighted by Crippen LogP contribution is 2.32. The van der Waals surface area contributed by atoms with E-state index in [-0.39, 0.29) is 0 Å². The van der Waals surface area contributed by atoms with Gasteiger partial charge < -0.3 is 10.7 Å². The zero-order chi connectivity index (χ0) is 8.72. The Balaban J connectivity index is 2.97. The highest BCUT2D eigenvalue weighted by atomic mass is 79.9. The SMILES string of the molecule is Nc1cc(Br)c2[nH]cnc2c1Br. The molecule has 2 aromatic rings. The van der Waals surface area contributed by atoms with Crippen molar-refractivity contribution in [1.82, 2.24) is 9.97 Å². The predicted octanol–water partition coefficient (Wildman–Crippen LogP) is 2.67. The van der Waals surface area contributed by atoms with Crippen LogP contribution in [0.4, 0.5) is 5.69 Å². The van der Waals surface area contributed by atoms with Crippen LogP contribution in [0.5, 0.6) is 0 Å². The lowest BCUT2D eigenvalue weighted by Gasteiger charge is -2.00. The lowest BCUT2D eigenvalue weighted by molar-refractivity contribution is 1.34. The van der Waals surface area contributed by atoms with Crippen molar-refractivity contribution in [2.24, 2.45) is 0 Å². The van der Waals surface area contributed by atoms with Crippen LogP contribution in [0.3, 0.4) is 0 Å². The number of anilines is 1. The normalized spacial score (nSPS) is 10.8. The van der Waals surface area contributed by atoms with Gasteiger partial charge in [-0.15, -0.1) is 0 Å². The highest BCUT2D eigenvalue weighted by molar-refractivity contribution is 9.11. The van der Waals surface area contributed by atoms with E-state index in [1.165, 1.54) is 0 Å². The lowest BCUT2D eigenvalue weighted by atomic mass is 10.3. The summed E-state index contributed by atoms with van der Waals surface area (Å²) >= 11 is 6.75. The number of nitrogens with zero attached hydrogens (tertiary/aromatic N) is 1. The first-order chi connectivity index (χ1) is 5.70. The first-order valence-electron chi connectivity index (χ1n) is 3.26. The Kier molecular flexibility index (Phi) is 1.84. The summed E-state index contributed by atoms with van der Waals surface area (Å²) in [6.45, 7) is 0. The molecule has 1 aromatic heterocycles. The molecule has 62 valence electrons. The maximum absolute atomic E-state index is 5.72. The molecule has 0 unspecified atom stereocenters. The van der Waals surface area contributed by atoms with Crippen molar-refractivity contribution in [3.8, 4) is 0 Å². The van der Waals surface area contributed by atoms with Crippen molar-refractivity contribution < 1.29 is 0 Å². The van der Waals surface area contributed by atoms with Crippen LogP contribution in [0, 0.1) is 0 Å².